The van der Waals surface area contributed by atoms with Crippen molar-refractivity contribution in [1.29, 1.82) is 0 Å². The maximum Gasteiger partial charge on any atom is 0.159 e. The number of nitrogens with zero attached hydrogens (tertiary/aromatic N) is 4. The Hall–Kier alpha value is -8.15. The smallest absolute Gasteiger partial charge is 0.159 e. The Bertz CT molecular complexity index is 3990. The molecule has 0 saturated heterocycles. The Balaban J connectivity index is 1.12. The minimum atomic E-state index is 0.866. The standard InChI is InChI=1S/C55H32N4O/c1-3-16-36-34(14-1)35-15-2-4-17-37(35)43-32-52-51(31-42(36)43)57(48-24-10-11-25-49(48)58(52)50-26-13-21-40-39-19-7-12-27-53(39)60-54(40)50)33-28-29-46-44(30-33)38-18-5-6-20-41(38)55-56-45-22-8-9-23-47(45)59(46)55/h1-32H. The molecular weight excluding hydrogens is 733 g/mol. The van der Waals surface area contributed by atoms with Gasteiger partial charge in [0.15, 0.2) is 5.58 Å². The zero-order valence-electron chi connectivity index (χ0n) is 32.2. The number of rotatable bonds is 2. The number of aromatic nitrogens is 2. The van der Waals surface area contributed by atoms with Gasteiger partial charge < -0.3 is 14.2 Å². The molecule has 0 spiro atoms. The van der Waals surface area contributed by atoms with E-state index in [1.165, 1.54) is 43.1 Å². The van der Waals surface area contributed by atoms with Gasteiger partial charge in [-0.25, -0.2) is 4.98 Å². The molecule has 14 rings (SSSR count). The summed E-state index contributed by atoms with van der Waals surface area (Å²) >= 11 is 0. The summed E-state index contributed by atoms with van der Waals surface area (Å²) in [5.74, 6) is 0. The molecule has 5 heteroatoms. The lowest BCUT2D eigenvalue weighted by molar-refractivity contribution is 0.669. The van der Waals surface area contributed by atoms with Crippen LogP contribution in [-0.4, -0.2) is 9.38 Å². The van der Waals surface area contributed by atoms with Crippen LogP contribution in [-0.2, 0) is 0 Å². The van der Waals surface area contributed by atoms with Crippen molar-refractivity contribution in [3.63, 3.8) is 0 Å². The lowest BCUT2D eigenvalue weighted by Gasteiger charge is -2.40. The fraction of sp³-hybridized carbons (Fsp3) is 0. The van der Waals surface area contributed by atoms with Gasteiger partial charge in [0, 0.05) is 27.2 Å². The Kier molecular flexibility index (Phi) is 6.23. The molecule has 3 aromatic heterocycles. The fourth-order valence-corrected chi connectivity index (χ4v) is 10.3. The Labute approximate surface area is 343 Å². The third-order valence-electron chi connectivity index (χ3n) is 12.8. The first-order chi connectivity index (χ1) is 29.8. The molecule has 0 saturated carbocycles. The lowest BCUT2D eigenvalue weighted by atomic mass is 9.92. The first-order valence-electron chi connectivity index (χ1n) is 20.5. The minimum Gasteiger partial charge on any atom is -0.454 e. The zero-order chi connectivity index (χ0) is 39.1. The summed E-state index contributed by atoms with van der Waals surface area (Å²) in [4.78, 5) is 10.0. The summed E-state index contributed by atoms with van der Waals surface area (Å²) in [6, 6.07) is 70.3. The summed E-state index contributed by atoms with van der Waals surface area (Å²) in [5.41, 5.74) is 12.3. The van der Waals surface area contributed by atoms with Crippen LogP contribution in [0, 0.1) is 0 Å². The summed E-state index contributed by atoms with van der Waals surface area (Å²) < 4.78 is 9.11. The SMILES string of the molecule is c1ccc2c(c1)N(c1ccc3c(c1)c1ccccc1c1nc4ccccc4n31)c1cc3c4ccccc4c4ccccc4c3cc1N2c1cccc2c1oc1ccccc12. The van der Waals surface area contributed by atoms with Crippen molar-refractivity contribution in [3.8, 4) is 0 Å². The number of fused-ring (bicyclic) bond motifs is 19. The van der Waals surface area contributed by atoms with Crippen LogP contribution < -0.4 is 9.80 Å². The van der Waals surface area contributed by atoms with E-state index in [1.54, 1.807) is 0 Å². The van der Waals surface area contributed by atoms with Crippen molar-refractivity contribution in [1.82, 2.24) is 9.38 Å². The molecule has 60 heavy (non-hydrogen) atoms. The van der Waals surface area contributed by atoms with E-state index in [1.807, 2.05) is 6.07 Å². The van der Waals surface area contributed by atoms with Crippen LogP contribution in [0.25, 0.3) is 92.6 Å². The van der Waals surface area contributed by atoms with E-state index in [2.05, 4.69) is 202 Å². The Morgan fingerprint density at radius 2 is 0.867 bits per heavy atom. The molecule has 0 atom stereocenters. The highest BCUT2D eigenvalue weighted by molar-refractivity contribution is 6.28. The van der Waals surface area contributed by atoms with E-state index in [9.17, 15) is 0 Å². The molecule has 0 fully saturated rings. The van der Waals surface area contributed by atoms with E-state index >= 15 is 0 Å². The molecule has 13 aromatic rings. The molecule has 10 aromatic carbocycles. The van der Waals surface area contributed by atoms with Crippen LogP contribution in [0.15, 0.2) is 199 Å². The second-order valence-corrected chi connectivity index (χ2v) is 15.9. The third kappa shape index (κ3) is 4.17. The number of para-hydroxylation sites is 6. The van der Waals surface area contributed by atoms with E-state index in [-0.39, 0.29) is 0 Å². The number of benzene rings is 10. The molecule has 1 aliphatic heterocycles. The van der Waals surface area contributed by atoms with Crippen molar-refractivity contribution >= 4 is 127 Å². The van der Waals surface area contributed by atoms with E-state index < -0.39 is 0 Å². The highest BCUT2D eigenvalue weighted by atomic mass is 16.3. The number of hydrogen-bond donors (Lipinski definition) is 0. The maximum absolute atomic E-state index is 6.78. The zero-order valence-corrected chi connectivity index (χ0v) is 32.2. The monoisotopic (exact) mass is 764 g/mol. The lowest BCUT2D eigenvalue weighted by Crippen LogP contribution is -2.24. The molecule has 4 heterocycles. The molecule has 1 aliphatic rings. The fourth-order valence-electron chi connectivity index (χ4n) is 10.3. The first kappa shape index (κ1) is 31.9. The Morgan fingerprint density at radius 1 is 0.333 bits per heavy atom. The number of furan rings is 1. The number of imidazole rings is 1. The Morgan fingerprint density at radius 3 is 1.60 bits per heavy atom. The third-order valence-corrected chi connectivity index (χ3v) is 12.8. The second-order valence-electron chi connectivity index (χ2n) is 15.9. The average Bonchev–Trinajstić information content (AvgIpc) is 3.90. The minimum absolute atomic E-state index is 0.866. The molecule has 0 bridgehead atoms. The highest BCUT2D eigenvalue weighted by Gasteiger charge is 2.33. The molecular formula is C55H32N4O. The first-order valence-corrected chi connectivity index (χ1v) is 20.5. The van der Waals surface area contributed by atoms with Crippen molar-refractivity contribution in [2.24, 2.45) is 0 Å². The van der Waals surface area contributed by atoms with Gasteiger partial charge in [0.1, 0.15) is 11.2 Å². The van der Waals surface area contributed by atoms with Gasteiger partial charge in [-0.15, -0.1) is 0 Å². The predicted molar refractivity (Wildman–Crippen MR) is 250 cm³/mol. The topological polar surface area (TPSA) is 36.9 Å². The van der Waals surface area contributed by atoms with Gasteiger partial charge in [0.05, 0.1) is 45.0 Å². The number of anilines is 6. The van der Waals surface area contributed by atoms with Gasteiger partial charge in [0.25, 0.3) is 0 Å². The van der Waals surface area contributed by atoms with Gasteiger partial charge in [-0.3, -0.25) is 4.40 Å². The van der Waals surface area contributed by atoms with E-state index in [0.717, 1.165) is 83.6 Å². The van der Waals surface area contributed by atoms with E-state index in [0.29, 0.717) is 0 Å². The van der Waals surface area contributed by atoms with Crippen LogP contribution in [0.5, 0.6) is 0 Å². The van der Waals surface area contributed by atoms with E-state index in [4.69, 9.17) is 9.40 Å². The quantitative estimate of drug-likeness (QED) is 0.164. The molecule has 278 valence electrons. The van der Waals surface area contributed by atoms with Gasteiger partial charge in [-0.2, -0.15) is 0 Å². The molecule has 5 nitrogen and oxygen atoms in total. The summed E-state index contributed by atoms with van der Waals surface area (Å²) in [7, 11) is 0. The largest absolute Gasteiger partial charge is 0.454 e. The molecule has 0 amide bonds. The second kappa shape index (κ2) is 11.7. The molecule has 0 aliphatic carbocycles. The van der Waals surface area contributed by atoms with Crippen LogP contribution in [0.1, 0.15) is 0 Å². The number of pyridine rings is 1. The van der Waals surface area contributed by atoms with Crippen LogP contribution in [0.3, 0.4) is 0 Å². The van der Waals surface area contributed by atoms with Gasteiger partial charge in [-0.05, 0) is 104 Å². The average molecular weight is 765 g/mol. The van der Waals surface area contributed by atoms with Crippen molar-refractivity contribution in [3.05, 3.63) is 194 Å². The molecule has 0 unspecified atom stereocenters. The van der Waals surface area contributed by atoms with Crippen molar-refractivity contribution in [2.45, 2.75) is 0 Å². The van der Waals surface area contributed by atoms with Crippen LogP contribution in [0.2, 0.25) is 0 Å². The normalized spacial score (nSPS) is 12.9. The van der Waals surface area contributed by atoms with Crippen molar-refractivity contribution in [2.75, 3.05) is 9.80 Å². The number of hydrogen-bond acceptors (Lipinski definition) is 4. The summed E-state index contributed by atoms with van der Waals surface area (Å²) in [6.07, 6.45) is 0. The summed E-state index contributed by atoms with van der Waals surface area (Å²) in [6.45, 7) is 0. The summed E-state index contributed by atoms with van der Waals surface area (Å²) in [5, 5.41) is 13.1. The maximum atomic E-state index is 6.78. The highest BCUT2D eigenvalue weighted by Crippen LogP contribution is 2.57. The van der Waals surface area contributed by atoms with Gasteiger partial charge in [0.2, 0.25) is 0 Å². The van der Waals surface area contributed by atoms with Crippen LogP contribution >= 0.6 is 0 Å². The van der Waals surface area contributed by atoms with Crippen LogP contribution in [0.4, 0.5) is 34.1 Å². The van der Waals surface area contributed by atoms with Crippen molar-refractivity contribution < 1.29 is 4.42 Å². The van der Waals surface area contributed by atoms with Gasteiger partial charge >= 0.3 is 0 Å². The van der Waals surface area contributed by atoms with Gasteiger partial charge in [-0.1, -0.05) is 127 Å². The molecule has 0 N–H and O–H groups in total. The predicted octanol–water partition coefficient (Wildman–Crippen LogP) is 15.4. The molecule has 0 radical (unpaired) electrons.